The normalized spacial score (nSPS) is 18.5. The zero-order chi connectivity index (χ0) is 22.1. The third-order valence-corrected chi connectivity index (χ3v) is 6.12. The molecule has 0 unspecified atom stereocenters. The first-order valence-corrected chi connectivity index (χ1v) is 11.0. The summed E-state index contributed by atoms with van der Waals surface area (Å²) in [7, 11) is 0. The van der Waals surface area contributed by atoms with E-state index in [-0.39, 0.29) is 11.5 Å². The number of tetrazole rings is 1. The van der Waals surface area contributed by atoms with E-state index in [9.17, 15) is 0 Å². The number of nitrogens with two attached hydrogens (primary N) is 1. The Kier molecular flexibility index (Phi) is 5.98. The Morgan fingerprint density at radius 1 is 1.13 bits per heavy atom. The molecule has 31 heavy (non-hydrogen) atoms. The molecule has 166 valence electrons. The highest BCUT2D eigenvalue weighted by molar-refractivity contribution is 6.30. The maximum absolute atomic E-state index is 6.84. The number of nitrogens with zero attached hydrogens (tertiary/aromatic N) is 7. The quantitative estimate of drug-likeness (QED) is 0.613. The minimum Gasteiger partial charge on any atom is -0.466 e. The first kappa shape index (κ1) is 21.7. The van der Waals surface area contributed by atoms with Gasteiger partial charge in [0.1, 0.15) is 24.4 Å². The molecule has 2 aromatic heterocycles. The van der Waals surface area contributed by atoms with Crippen LogP contribution in [0, 0.1) is 5.41 Å². The SMILES string of the molecule is CC(C)(C)[C@H]([C@H](Oc1ccc(Cl)cc1)n1cncn1)n1nnnc1C1(N)CCCCC1. The summed E-state index contributed by atoms with van der Waals surface area (Å²) in [6, 6.07) is 6.94. The number of hydrogen-bond acceptors (Lipinski definition) is 7. The van der Waals surface area contributed by atoms with Crippen LogP contribution in [0.1, 0.15) is 71.0 Å². The Bertz CT molecular complexity index is 974. The van der Waals surface area contributed by atoms with E-state index in [1.807, 2.05) is 16.8 Å². The van der Waals surface area contributed by atoms with Gasteiger partial charge in [-0.05, 0) is 52.9 Å². The Morgan fingerprint density at radius 2 is 1.84 bits per heavy atom. The predicted molar refractivity (Wildman–Crippen MR) is 116 cm³/mol. The van der Waals surface area contributed by atoms with Gasteiger partial charge in [-0.15, -0.1) is 5.10 Å². The molecule has 2 heterocycles. The first-order chi connectivity index (χ1) is 14.8. The number of rotatable bonds is 6. The van der Waals surface area contributed by atoms with Gasteiger partial charge in [0.05, 0.1) is 5.54 Å². The molecule has 0 amide bonds. The molecule has 1 saturated carbocycles. The van der Waals surface area contributed by atoms with Gasteiger partial charge in [-0.2, -0.15) is 5.10 Å². The van der Waals surface area contributed by atoms with Crippen molar-refractivity contribution in [3.8, 4) is 5.75 Å². The van der Waals surface area contributed by atoms with Gasteiger partial charge >= 0.3 is 0 Å². The van der Waals surface area contributed by atoms with Crippen molar-refractivity contribution < 1.29 is 4.74 Å². The fourth-order valence-corrected chi connectivity index (χ4v) is 4.42. The minimum absolute atomic E-state index is 0.293. The fourth-order valence-electron chi connectivity index (χ4n) is 4.29. The molecule has 0 saturated heterocycles. The van der Waals surface area contributed by atoms with Crippen molar-refractivity contribution in [2.45, 2.75) is 70.7 Å². The molecule has 1 aliphatic rings. The monoisotopic (exact) mass is 444 g/mol. The van der Waals surface area contributed by atoms with E-state index in [0.717, 1.165) is 25.7 Å². The Hall–Kier alpha value is -2.52. The summed E-state index contributed by atoms with van der Waals surface area (Å²) in [4.78, 5) is 4.14. The number of ether oxygens (including phenoxy) is 1. The van der Waals surface area contributed by atoms with Gasteiger partial charge in [-0.3, -0.25) is 0 Å². The third kappa shape index (κ3) is 4.57. The van der Waals surface area contributed by atoms with E-state index in [1.165, 1.54) is 12.7 Å². The summed E-state index contributed by atoms with van der Waals surface area (Å²) in [6.07, 6.45) is 7.61. The Balaban J connectivity index is 1.79. The zero-order valence-corrected chi connectivity index (χ0v) is 18.9. The van der Waals surface area contributed by atoms with Crippen LogP contribution in [0.3, 0.4) is 0 Å². The second-order valence-electron chi connectivity index (χ2n) is 9.31. The van der Waals surface area contributed by atoms with E-state index in [0.29, 0.717) is 16.6 Å². The molecule has 4 rings (SSSR count). The molecule has 0 aliphatic heterocycles. The molecular weight excluding hydrogens is 416 g/mol. The standard InChI is InChI=1S/C21H29ClN8O/c1-20(2,3)17(30-19(26-27-28-30)21(23)11-5-4-6-12-21)18(29-14-24-13-25-29)31-16-9-7-15(22)8-10-16/h7-10,13-14,17-18H,4-6,11-12,23H2,1-3H3/t17-,18-/m0/s1. The summed E-state index contributed by atoms with van der Waals surface area (Å²) >= 11 is 6.06. The van der Waals surface area contributed by atoms with E-state index >= 15 is 0 Å². The van der Waals surface area contributed by atoms with Gasteiger partial charge < -0.3 is 10.5 Å². The Morgan fingerprint density at radius 3 is 2.45 bits per heavy atom. The van der Waals surface area contributed by atoms with E-state index < -0.39 is 11.8 Å². The van der Waals surface area contributed by atoms with Gasteiger partial charge in [-0.1, -0.05) is 51.6 Å². The highest BCUT2D eigenvalue weighted by atomic mass is 35.5. The average molecular weight is 445 g/mol. The number of aromatic nitrogens is 7. The van der Waals surface area contributed by atoms with E-state index in [1.54, 1.807) is 23.1 Å². The van der Waals surface area contributed by atoms with Gasteiger partial charge in [0.2, 0.25) is 6.23 Å². The van der Waals surface area contributed by atoms with Crippen molar-refractivity contribution in [1.82, 2.24) is 35.0 Å². The highest BCUT2D eigenvalue weighted by Gasteiger charge is 2.44. The predicted octanol–water partition coefficient (Wildman–Crippen LogP) is 3.90. The molecule has 3 aromatic rings. The molecule has 9 nitrogen and oxygen atoms in total. The van der Waals surface area contributed by atoms with Crippen LogP contribution < -0.4 is 10.5 Å². The fraction of sp³-hybridized carbons (Fsp3) is 0.571. The molecule has 1 aromatic carbocycles. The van der Waals surface area contributed by atoms with Crippen molar-refractivity contribution >= 4 is 11.6 Å². The zero-order valence-electron chi connectivity index (χ0n) is 18.1. The van der Waals surface area contributed by atoms with Crippen LogP contribution in [-0.2, 0) is 5.54 Å². The van der Waals surface area contributed by atoms with Crippen LogP contribution in [0.4, 0.5) is 0 Å². The van der Waals surface area contributed by atoms with Crippen LogP contribution in [0.5, 0.6) is 5.75 Å². The van der Waals surface area contributed by atoms with Crippen LogP contribution in [-0.4, -0.2) is 35.0 Å². The molecule has 2 atom stereocenters. The lowest BCUT2D eigenvalue weighted by molar-refractivity contribution is -0.00272. The van der Waals surface area contributed by atoms with Crippen molar-refractivity contribution in [2.24, 2.45) is 11.1 Å². The molecule has 0 spiro atoms. The summed E-state index contributed by atoms with van der Waals surface area (Å²) in [6.45, 7) is 6.38. The maximum Gasteiger partial charge on any atom is 0.215 e. The maximum atomic E-state index is 6.84. The summed E-state index contributed by atoms with van der Waals surface area (Å²) in [5, 5.41) is 17.8. The number of halogens is 1. The molecular formula is C21H29ClN8O. The second kappa shape index (κ2) is 8.55. The average Bonchev–Trinajstić information content (AvgIpc) is 3.41. The highest BCUT2D eigenvalue weighted by Crippen LogP contribution is 2.43. The molecule has 2 N–H and O–H groups in total. The van der Waals surface area contributed by atoms with Gasteiger partial charge in [-0.25, -0.2) is 14.3 Å². The van der Waals surface area contributed by atoms with Gasteiger partial charge in [0.25, 0.3) is 0 Å². The lowest BCUT2D eigenvalue weighted by atomic mass is 9.80. The molecule has 1 fully saturated rings. The van der Waals surface area contributed by atoms with Crippen LogP contribution >= 0.6 is 11.6 Å². The van der Waals surface area contributed by atoms with E-state index in [4.69, 9.17) is 22.1 Å². The minimum atomic E-state index is -0.557. The lowest BCUT2D eigenvalue weighted by Gasteiger charge is -2.39. The van der Waals surface area contributed by atoms with Crippen molar-refractivity contribution in [3.63, 3.8) is 0 Å². The van der Waals surface area contributed by atoms with Crippen LogP contribution in [0.25, 0.3) is 0 Å². The lowest BCUT2D eigenvalue weighted by Crippen LogP contribution is -2.45. The molecule has 1 aliphatic carbocycles. The summed E-state index contributed by atoms with van der Waals surface area (Å²) < 4.78 is 9.98. The largest absolute Gasteiger partial charge is 0.466 e. The summed E-state index contributed by atoms with van der Waals surface area (Å²) in [5.74, 6) is 1.35. The first-order valence-electron chi connectivity index (χ1n) is 10.6. The van der Waals surface area contributed by atoms with Crippen molar-refractivity contribution in [2.75, 3.05) is 0 Å². The van der Waals surface area contributed by atoms with Gasteiger partial charge in [0.15, 0.2) is 5.82 Å². The molecule has 10 heteroatoms. The molecule has 0 radical (unpaired) electrons. The van der Waals surface area contributed by atoms with Crippen LogP contribution in [0.2, 0.25) is 5.02 Å². The summed E-state index contributed by atoms with van der Waals surface area (Å²) in [5.41, 5.74) is 5.99. The van der Waals surface area contributed by atoms with Crippen molar-refractivity contribution in [1.29, 1.82) is 0 Å². The topological polar surface area (TPSA) is 110 Å². The Labute approximate surface area is 186 Å². The molecule has 0 bridgehead atoms. The smallest absolute Gasteiger partial charge is 0.215 e. The van der Waals surface area contributed by atoms with Gasteiger partial charge in [0, 0.05) is 5.02 Å². The van der Waals surface area contributed by atoms with Crippen LogP contribution in [0.15, 0.2) is 36.9 Å². The second-order valence-corrected chi connectivity index (χ2v) is 9.75. The number of hydrogen-bond donors (Lipinski definition) is 1. The van der Waals surface area contributed by atoms with Crippen molar-refractivity contribution in [3.05, 3.63) is 47.8 Å². The third-order valence-electron chi connectivity index (χ3n) is 5.87. The van der Waals surface area contributed by atoms with E-state index in [2.05, 4.69) is 46.4 Å². The number of benzene rings is 1.